The number of anilines is 1. The van der Waals surface area contributed by atoms with E-state index in [9.17, 15) is 10.1 Å². The Balaban J connectivity index is 1.80. The summed E-state index contributed by atoms with van der Waals surface area (Å²) in [5.74, 6) is -0.280. The Morgan fingerprint density at radius 3 is 2.64 bits per heavy atom. The van der Waals surface area contributed by atoms with Gasteiger partial charge in [-0.25, -0.2) is 0 Å². The molecule has 2 N–H and O–H groups in total. The lowest BCUT2D eigenvalue weighted by Crippen LogP contribution is -2.34. The summed E-state index contributed by atoms with van der Waals surface area (Å²) in [5.41, 5.74) is 2.05. The van der Waals surface area contributed by atoms with Gasteiger partial charge in [-0.05, 0) is 48.5 Å². The van der Waals surface area contributed by atoms with E-state index in [-0.39, 0.29) is 11.0 Å². The summed E-state index contributed by atoms with van der Waals surface area (Å²) < 4.78 is 0. The largest absolute Gasteiger partial charge is 0.323 e. The van der Waals surface area contributed by atoms with Gasteiger partial charge in [0.1, 0.15) is 11.1 Å². The maximum Gasteiger partial charge on any atom is 0.258 e. The first-order valence-electron chi connectivity index (χ1n) is 7.61. The van der Waals surface area contributed by atoms with Crippen molar-refractivity contribution in [3.05, 3.63) is 64.0 Å². The Morgan fingerprint density at radius 1 is 1.16 bits per heavy atom. The van der Waals surface area contributed by atoms with Crippen molar-refractivity contribution in [2.75, 3.05) is 5.32 Å². The van der Waals surface area contributed by atoms with Crippen LogP contribution in [0.25, 0.3) is 10.8 Å². The van der Waals surface area contributed by atoms with Crippen LogP contribution in [0.15, 0.2) is 42.5 Å². The molecular formula is C19H15N3OS2. The summed E-state index contributed by atoms with van der Waals surface area (Å²) in [6.45, 7) is 3.84. The maximum absolute atomic E-state index is 12.6. The molecule has 3 rings (SSSR count). The molecule has 0 saturated heterocycles. The minimum atomic E-state index is -0.280. The zero-order chi connectivity index (χ0) is 18.0. The molecule has 0 unspecified atom stereocenters. The number of hydrogen-bond donors (Lipinski definition) is 2. The monoisotopic (exact) mass is 365 g/mol. The highest BCUT2D eigenvalue weighted by Gasteiger charge is 2.15. The fourth-order valence-corrected chi connectivity index (χ4v) is 3.85. The number of nitrogens with one attached hydrogen (secondary N) is 2. The predicted octanol–water partition coefficient (Wildman–Crippen LogP) is 4.52. The summed E-state index contributed by atoms with van der Waals surface area (Å²) >= 11 is 6.70. The van der Waals surface area contributed by atoms with Crippen molar-refractivity contribution in [3.63, 3.8) is 0 Å². The van der Waals surface area contributed by atoms with E-state index >= 15 is 0 Å². The molecule has 25 heavy (non-hydrogen) atoms. The smallest absolute Gasteiger partial charge is 0.258 e. The second-order valence-corrected chi connectivity index (χ2v) is 7.17. The highest BCUT2D eigenvalue weighted by atomic mass is 32.1. The molecule has 6 heteroatoms. The molecule has 1 aromatic heterocycles. The van der Waals surface area contributed by atoms with Gasteiger partial charge >= 0.3 is 0 Å². The van der Waals surface area contributed by atoms with Gasteiger partial charge in [0.05, 0.1) is 5.56 Å². The van der Waals surface area contributed by atoms with Gasteiger partial charge in [-0.15, -0.1) is 11.3 Å². The van der Waals surface area contributed by atoms with Gasteiger partial charge in [0.25, 0.3) is 5.91 Å². The van der Waals surface area contributed by atoms with E-state index < -0.39 is 0 Å². The van der Waals surface area contributed by atoms with Crippen LogP contribution in [0.4, 0.5) is 5.00 Å². The number of carbonyl (C=O) groups excluding carboxylic acids is 1. The van der Waals surface area contributed by atoms with Gasteiger partial charge in [-0.3, -0.25) is 10.1 Å². The van der Waals surface area contributed by atoms with Gasteiger partial charge in [0.2, 0.25) is 0 Å². The number of nitriles is 1. The fraction of sp³-hybridized carbons (Fsp3) is 0.105. The van der Waals surface area contributed by atoms with Crippen LogP contribution in [-0.4, -0.2) is 11.0 Å². The molecule has 0 spiro atoms. The molecule has 2 aromatic carbocycles. The number of aryl methyl sites for hydroxylation is 1. The average molecular weight is 365 g/mol. The molecule has 0 aliphatic heterocycles. The first-order chi connectivity index (χ1) is 12.0. The van der Waals surface area contributed by atoms with Crippen LogP contribution in [-0.2, 0) is 0 Å². The number of nitrogens with zero attached hydrogens (tertiary/aromatic N) is 1. The van der Waals surface area contributed by atoms with Crippen molar-refractivity contribution >= 4 is 50.3 Å². The molecule has 1 amide bonds. The highest BCUT2D eigenvalue weighted by molar-refractivity contribution is 7.80. The Morgan fingerprint density at radius 2 is 1.88 bits per heavy atom. The predicted molar refractivity (Wildman–Crippen MR) is 106 cm³/mol. The second kappa shape index (κ2) is 7.01. The van der Waals surface area contributed by atoms with E-state index in [0.717, 1.165) is 21.2 Å². The quantitative estimate of drug-likeness (QED) is 0.656. The molecule has 0 saturated carbocycles. The third-order valence-electron chi connectivity index (χ3n) is 3.99. The van der Waals surface area contributed by atoms with Crippen molar-refractivity contribution in [3.8, 4) is 6.07 Å². The Kier molecular flexibility index (Phi) is 4.79. The van der Waals surface area contributed by atoms with Crippen LogP contribution < -0.4 is 10.6 Å². The van der Waals surface area contributed by atoms with Crippen LogP contribution in [0.3, 0.4) is 0 Å². The number of thiophene rings is 1. The summed E-state index contributed by atoms with van der Waals surface area (Å²) in [4.78, 5) is 13.6. The normalized spacial score (nSPS) is 10.3. The summed E-state index contributed by atoms with van der Waals surface area (Å²) in [5, 5.41) is 17.6. The molecule has 0 fully saturated rings. The number of hydrogen-bond acceptors (Lipinski definition) is 4. The lowest BCUT2D eigenvalue weighted by Gasteiger charge is -2.10. The van der Waals surface area contributed by atoms with Gasteiger partial charge in [0.15, 0.2) is 5.11 Å². The number of benzene rings is 2. The molecule has 0 radical (unpaired) electrons. The molecule has 1 heterocycles. The minimum absolute atomic E-state index is 0.177. The summed E-state index contributed by atoms with van der Waals surface area (Å²) in [7, 11) is 0. The van der Waals surface area contributed by atoms with Crippen molar-refractivity contribution < 1.29 is 4.79 Å². The minimum Gasteiger partial charge on any atom is -0.323 e. The third-order valence-corrected chi connectivity index (χ3v) is 5.31. The topological polar surface area (TPSA) is 64.9 Å². The van der Waals surface area contributed by atoms with E-state index in [0.29, 0.717) is 16.1 Å². The molecular weight excluding hydrogens is 350 g/mol. The maximum atomic E-state index is 12.6. The SMILES string of the molecule is Cc1sc(NC(=S)NC(=O)c2cccc3ccccc23)c(C#N)c1C. The van der Waals surface area contributed by atoms with Crippen LogP contribution in [0.2, 0.25) is 0 Å². The molecule has 124 valence electrons. The molecule has 0 aliphatic rings. The van der Waals surface area contributed by atoms with E-state index in [4.69, 9.17) is 12.2 Å². The third kappa shape index (κ3) is 3.38. The zero-order valence-electron chi connectivity index (χ0n) is 13.7. The average Bonchev–Trinajstić information content (AvgIpc) is 2.87. The van der Waals surface area contributed by atoms with Gasteiger partial charge in [0, 0.05) is 10.4 Å². The van der Waals surface area contributed by atoms with Crippen LogP contribution in [0.5, 0.6) is 0 Å². The second-order valence-electron chi connectivity index (χ2n) is 5.53. The Hall–Kier alpha value is -2.75. The highest BCUT2D eigenvalue weighted by Crippen LogP contribution is 2.31. The van der Waals surface area contributed by atoms with Crippen LogP contribution in [0, 0.1) is 25.2 Å². The molecule has 0 atom stereocenters. The standard InChI is InChI=1S/C19H15N3OS2/c1-11-12(2)25-18(16(11)10-20)22-19(24)21-17(23)15-9-5-7-13-6-3-4-8-14(13)15/h3-9H,1-2H3,(H2,21,22,23,24). The van der Waals surface area contributed by atoms with Gasteiger partial charge in [-0.1, -0.05) is 36.4 Å². The van der Waals surface area contributed by atoms with Crippen molar-refractivity contribution in [2.24, 2.45) is 0 Å². The fourth-order valence-electron chi connectivity index (χ4n) is 2.58. The number of thiocarbonyl (C=S) groups is 1. The van der Waals surface area contributed by atoms with Gasteiger partial charge in [-0.2, -0.15) is 5.26 Å². The first kappa shape index (κ1) is 17.1. The summed E-state index contributed by atoms with van der Waals surface area (Å²) in [6, 6.07) is 15.4. The van der Waals surface area contributed by atoms with Crippen LogP contribution in [0.1, 0.15) is 26.4 Å². The van der Waals surface area contributed by atoms with Gasteiger partial charge < -0.3 is 5.32 Å². The first-order valence-corrected chi connectivity index (χ1v) is 8.84. The number of fused-ring (bicyclic) bond motifs is 1. The van der Waals surface area contributed by atoms with E-state index in [2.05, 4.69) is 16.7 Å². The van der Waals surface area contributed by atoms with E-state index in [1.165, 1.54) is 11.3 Å². The summed E-state index contributed by atoms with van der Waals surface area (Å²) in [6.07, 6.45) is 0. The lowest BCUT2D eigenvalue weighted by atomic mass is 10.0. The molecule has 0 bridgehead atoms. The van der Waals surface area contributed by atoms with Crippen molar-refractivity contribution in [1.82, 2.24) is 5.32 Å². The van der Waals surface area contributed by atoms with E-state index in [1.807, 2.05) is 50.2 Å². The number of amides is 1. The van der Waals surface area contributed by atoms with Crippen LogP contribution >= 0.6 is 23.6 Å². The van der Waals surface area contributed by atoms with Crippen molar-refractivity contribution in [2.45, 2.75) is 13.8 Å². The van der Waals surface area contributed by atoms with Crippen molar-refractivity contribution in [1.29, 1.82) is 5.26 Å². The molecule has 0 aliphatic carbocycles. The lowest BCUT2D eigenvalue weighted by molar-refractivity contribution is 0.0979. The molecule has 3 aromatic rings. The molecule has 4 nitrogen and oxygen atoms in total. The Bertz CT molecular complexity index is 1030. The van der Waals surface area contributed by atoms with E-state index in [1.54, 1.807) is 6.07 Å². The zero-order valence-corrected chi connectivity index (χ0v) is 15.3. The number of rotatable bonds is 2. The Labute approximate surface area is 155 Å². The number of carbonyl (C=O) groups is 1.